The highest BCUT2D eigenvalue weighted by atomic mass is 16.5. The van der Waals surface area contributed by atoms with Crippen molar-refractivity contribution in [3.63, 3.8) is 0 Å². The third-order valence-electron chi connectivity index (χ3n) is 4.80. The molecule has 2 heterocycles. The molecule has 2 aliphatic rings. The first-order valence-corrected chi connectivity index (χ1v) is 9.21. The van der Waals surface area contributed by atoms with Crippen molar-refractivity contribution >= 4 is 29.5 Å². The number of carbonyl (C=O) groups is 4. The van der Waals surface area contributed by atoms with Crippen molar-refractivity contribution in [2.75, 3.05) is 11.9 Å². The molecule has 0 bridgehead atoms. The van der Waals surface area contributed by atoms with E-state index in [-0.39, 0.29) is 24.8 Å². The maximum atomic E-state index is 12.7. The lowest BCUT2D eigenvalue weighted by molar-refractivity contribution is -0.136. The second-order valence-electron chi connectivity index (χ2n) is 6.70. The van der Waals surface area contributed by atoms with Crippen molar-refractivity contribution in [3.8, 4) is 0 Å². The number of carbonyl (C=O) groups excluding carboxylic acids is 4. The summed E-state index contributed by atoms with van der Waals surface area (Å²) in [5.41, 5.74) is 1.59. The van der Waals surface area contributed by atoms with E-state index in [1.54, 1.807) is 18.2 Å². The van der Waals surface area contributed by atoms with Crippen molar-refractivity contribution in [1.29, 1.82) is 0 Å². The number of benzene rings is 1. The van der Waals surface area contributed by atoms with Crippen LogP contribution in [0.5, 0.6) is 0 Å². The first-order valence-electron chi connectivity index (χ1n) is 9.21. The van der Waals surface area contributed by atoms with Crippen LogP contribution >= 0.6 is 0 Å². The van der Waals surface area contributed by atoms with Gasteiger partial charge in [0.1, 0.15) is 6.04 Å². The van der Waals surface area contributed by atoms with Crippen LogP contribution in [0.1, 0.15) is 54.9 Å². The molecule has 1 saturated heterocycles. The quantitative estimate of drug-likeness (QED) is 0.587. The van der Waals surface area contributed by atoms with Gasteiger partial charge in [-0.15, -0.1) is 0 Å². The normalized spacial score (nSPS) is 18.9. The number of ether oxygens (including phenoxy) is 1. The number of hydrogen-bond donors (Lipinski definition) is 2. The van der Waals surface area contributed by atoms with Crippen LogP contribution in [-0.2, 0) is 20.9 Å². The summed E-state index contributed by atoms with van der Waals surface area (Å²) in [6, 6.07) is 4.36. The van der Waals surface area contributed by atoms with E-state index in [1.807, 2.05) is 0 Å². The zero-order valence-electron chi connectivity index (χ0n) is 15.2. The molecule has 8 nitrogen and oxygen atoms in total. The fourth-order valence-corrected chi connectivity index (χ4v) is 3.37. The molecule has 1 aromatic carbocycles. The van der Waals surface area contributed by atoms with Gasteiger partial charge < -0.3 is 9.64 Å². The average Bonchev–Trinajstić information content (AvgIpc) is 2.97. The molecule has 1 atom stereocenters. The highest BCUT2D eigenvalue weighted by molar-refractivity contribution is 6.06. The Labute approximate surface area is 157 Å². The van der Waals surface area contributed by atoms with Crippen LogP contribution in [0.4, 0.5) is 10.5 Å². The predicted octanol–water partition coefficient (Wildman–Crippen LogP) is 2.19. The minimum absolute atomic E-state index is 0.200. The summed E-state index contributed by atoms with van der Waals surface area (Å²) in [6.45, 7) is 2.61. The molecule has 0 radical (unpaired) electrons. The van der Waals surface area contributed by atoms with Crippen molar-refractivity contribution in [1.82, 2.24) is 10.2 Å². The van der Waals surface area contributed by atoms with E-state index in [0.29, 0.717) is 29.8 Å². The van der Waals surface area contributed by atoms with Gasteiger partial charge in [0.2, 0.25) is 11.8 Å². The van der Waals surface area contributed by atoms with E-state index >= 15 is 0 Å². The standard InChI is InChI=1S/C19H23N3O5/c1-2-3-4-10-27-19(26)20-14-7-5-6-12-13(14)11-22(18(12)25)15-8-9-16(23)21-17(15)24/h5-7,15H,2-4,8-11H2,1H3,(H,20,26)(H,21,23,24). The molecule has 0 saturated carbocycles. The van der Waals surface area contributed by atoms with Gasteiger partial charge in [0.05, 0.1) is 6.61 Å². The monoisotopic (exact) mass is 373 g/mol. The Morgan fingerprint density at radius 3 is 2.85 bits per heavy atom. The Bertz CT molecular complexity index is 777. The van der Waals surface area contributed by atoms with Crippen molar-refractivity contribution in [2.24, 2.45) is 0 Å². The van der Waals surface area contributed by atoms with E-state index in [4.69, 9.17) is 4.74 Å². The topological polar surface area (TPSA) is 105 Å². The summed E-state index contributed by atoms with van der Waals surface area (Å²) < 4.78 is 5.16. The van der Waals surface area contributed by atoms with Gasteiger partial charge in [0, 0.05) is 29.8 Å². The van der Waals surface area contributed by atoms with Crippen LogP contribution in [-0.4, -0.2) is 41.4 Å². The number of unbranched alkanes of at least 4 members (excludes halogenated alkanes) is 2. The van der Waals surface area contributed by atoms with E-state index in [0.717, 1.165) is 19.3 Å². The molecule has 8 heteroatoms. The maximum Gasteiger partial charge on any atom is 0.411 e. The minimum Gasteiger partial charge on any atom is -0.449 e. The lowest BCUT2D eigenvalue weighted by Crippen LogP contribution is -2.52. The molecule has 1 aromatic rings. The number of hydrogen-bond acceptors (Lipinski definition) is 5. The van der Waals surface area contributed by atoms with Gasteiger partial charge in [-0.05, 0) is 25.0 Å². The molecule has 3 rings (SSSR count). The zero-order chi connectivity index (χ0) is 19.4. The van der Waals surface area contributed by atoms with Crippen LogP contribution in [0.15, 0.2) is 18.2 Å². The number of nitrogens with one attached hydrogen (secondary N) is 2. The van der Waals surface area contributed by atoms with Gasteiger partial charge in [0.15, 0.2) is 0 Å². The summed E-state index contributed by atoms with van der Waals surface area (Å²) in [5.74, 6) is -1.06. The Morgan fingerprint density at radius 2 is 2.11 bits per heavy atom. The third kappa shape index (κ3) is 4.10. The third-order valence-corrected chi connectivity index (χ3v) is 4.80. The van der Waals surface area contributed by atoms with Crippen molar-refractivity contribution in [2.45, 2.75) is 51.6 Å². The molecule has 27 heavy (non-hydrogen) atoms. The fraction of sp³-hybridized carbons (Fsp3) is 0.474. The molecule has 4 amide bonds. The summed E-state index contributed by atoms with van der Waals surface area (Å²) in [4.78, 5) is 49.6. The number of fused-ring (bicyclic) bond motifs is 1. The largest absolute Gasteiger partial charge is 0.449 e. The summed E-state index contributed by atoms with van der Waals surface area (Å²) in [6.07, 6.45) is 2.77. The Balaban J connectivity index is 1.69. The highest BCUT2D eigenvalue weighted by Gasteiger charge is 2.39. The van der Waals surface area contributed by atoms with Gasteiger partial charge in [-0.25, -0.2) is 4.79 Å². The van der Waals surface area contributed by atoms with E-state index in [2.05, 4.69) is 17.6 Å². The lowest BCUT2D eigenvalue weighted by atomic mass is 10.0. The average molecular weight is 373 g/mol. The molecule has 0 aliphatic carbocycles. The first kappa shape index (κ1) is 18.9. The van der Waals surface area contributed by atoms with Crippen LogP contribution in [0.2, 0.25) is 0 Å². The van der Waals surface area contributed by atoms with Gasteiger partial charge >= 0.3 is 6.09 Å². The molecule has 2 N–H and O–H groups in total. The number of piperidine rings is 1. The SMILES string of the molecule is CCCCCOC(=O)Nc1cccc2c1CN(C1CCC(=O)NC1=O)C2=O. The molecule has 0 spiro atoms. The highest BCUT2D eigenvalue weighted by Crippen LogP contribution is 2.32. The second kappa shape index (κ2) is 8.20. The molecular formula is C19H23N3O5. The molecule has 0 aromatic heterocycles. The number of anilines is 1. The molecule has 1 unspecified atom stereocenters. The van der Waals surface area contributed by atoms with Gasteiger partial charge in [0.25, 0.3) is 5.91 Å². The molecule has 144 valence electrons. The molecule has 1 fully saturated rings. The van der Waals surface area contributed by atoms with Crippen LogP contribution in [0.3, 0.4) is 0 Å². The van der Waals surface area contributed by atoms with Gasteiger partial charge in [-0.1, -0.05) is 25.8 Å². The smallest absolute Gasteiger partial charge is 0.411 e. The van der Waals surface area contributed by atoms with Crippen LogP contribution in [0.25, 0.3) is 0 Å². The van der Waals surface area contributed by atoms with E-state index in [9.17, 15) is 19.2 Å². The first-order chi connectivity index (χ1) is 13.0. The predicted molar refractivity (Wildman–Crippen MR) is 97.0 cm³/mol. The fourth-order valence-electron chi connectivity index (χ4n) is 3.37. The van der Waals surface area contributed by atoms with E-state index < -0.39 is 18.0 Å². The van der Waals surface area contributed by atoms with Gasteiger partial charge in [-0.3, -0.25) is 25.0 Å². The Kier molecular flexibility index (Phi) is 5.73. The van der Waals surface area contributed by atoms with E-state index in [1.165, 1.54) is 4.90 Å². The Hall–Kier alpha value is -2.90. The maximum absolute atomic E-state index is 12.7. The summed E-state index contributed by atoms with van der Waals surface area (Å²) >= 11 is 0. The zero-order valence-corrected chi connectivity index (χ0v) is 15.2. The second-order valence-corrected chi connectivity index (χ2v) is 6.70. The van der Waals surface area contributed by atoms with Crippen molar-refractivity contribution in [3.05, 3.63) is 29.3 Å². The number of nitrogens with zero attached hydrogens (tertiary/aromatic N) is 1. The number of rotatable bonds is 6. The summed E-state index contributed by atoms with van der Waals surface area (Å²) in [5, 5.41) is 4.96. The van der Waals surface area contributed by atoms with Crippen LogP contribution < -0.4 is 10.6 Å². The summed E-state index contributed by atoms with van der Waals surface area (Å²) in [7, 11) is 0. The minimum atomic E-state index is -0.684. The van der Waals surface area contributed by atoms with Crippen LogP contribution in [0, 0.1) is 0 Å². The number of amides is 4. The molecule has 2 aliphatic heterocycles. The molecular weight excluding hydrogens is 350 g/mol. The Morgan fingerprint density at radius 1 is 1.30 bits per heavy atom. The number of imide groups is 1. The van der Waals surface area contributed by atoms with Crippen molar-refractivity contribution < 1.29 is 23.9 Å². The lowest BCUT2D eigenvalue weighted by Gasteiger charge is -2.29. The van der Waals surface area contributed by atoms with Gasteiger partial charge in [-0.2, -0.15) is 0 Å².